The Hall–Kier alpha value is -2.27. The van der Waals surface area contributed by atoms with Crippen LogP contribution < -0.4 is 5.32 Å². The second kappa shape index (κ2) is 8.23. The topological polar surface area (TPSA) is 82.1 Å². The van der Waals surface area contributed by atoms with Crippen molar-refractivity contribution in [3.05, 3.63) is 34.9 Å². The zero-order chi connectivity index (χ0) is 20.4. The highest BCUT2D eigenvalue weighted by molar-refractivity contribution is 6.31. The number of likely N-dealkylation sites (tertiary alicyclic amines) is 2. The molecule has 29 heavy (non-hydrogen) atoms. The molecule has 0 bridgehead atoms. The van der Waals surface area contributed by atoms with Gasteiger partial charge in [0.25, 0.3) is 0 Å². The molecule has 3 amide bonds. The van der Waals surface area contributed by atoms with Crippen LogP contribution in [0.25, 0.3) is 0 Å². The number of nitrogens with one attached hydrogen (secondary N) is 1. The molecule has 0 aromatic heterocycles. The lowest BCUT2D eigenvalue weighted by atomic mass is 9.91. The molecule has 0 radical (unpaired) electrons. The highest BCUT2D eigenvalue weighted by Crippen LogP contribution is 2.25. The molecule has 3 aliphatic heterocycles. The van der Waals surface area contributed by atoms with E-state index in [1.165, 1.54) is 0 Å². The number of hydrogen-bond acceptors (Lipinski definition) is 4. The van der Waals surface area contributed by atoms with E-state index in [-0.39, 0.29) is 30.7 Å². The quantitative estimate of drug-likeness (QED) is 0.622. The van der Waals surface area contributed by atoms with E-state index >= 15 is 0 Å². The highest BCUT2D eigenvalue weighted by atomic mass is 35.5. The van der Waals surface area contributed by atoms with Crippen LogP contribution in [0.1, 0.15) is 24.8 Å². The number of halogens is 1. The minimum atomic E-state index is -1.13. The van der Waals surface area contributed by atoms with Crippen LogP contribution in [-0.2, 0) is 9.53 Å². The summed E-state index contributed by atoms with van der Waals surface area (Å²) in [5, 5.41) is 14.2. The van der Waals surface area contributed by atoms with Crippen molar-refractivity contribution in [1.82, 2.24) is 15.1 Å². The Bertz CT molecular complexity index is 857. The van der Waals surface area contributed by atoms with Crippen LogP contribution in [0.15, 0.2) is 24.3 Å². The van der Waals surface area contributed by atoms with Gasteiger partial charge in [-0.15, -0.1) is 0 Å². The number of piperidine rings is 2. The molecule has 154 valence electrons. The molecule has 0 saturated carbocycles. The van der Waals surface area contributed by atoms with Crippen molar-refractivity contribution in [3.8, 4) is 11.8 Å². The molecule has 3 fully saturated rings. The van der Waals surface area contributed by atoms with Gasteiger partial charge in [-0.25, -0.2) is 4.79 Å². The van der Waals surface area contributed by atoms with Crippen LogP contribution in [-0.4, -0.2) is 77.4 Å². The number of morpholine rings is 1. The van der Waals surface area contributed by atoms with Crippen molar-refractivity contribution >= 4 is 23.5 Å². The van der Waals surface area contributed by atoms with Crippen molar-refractivity contribution in [3.63, 3.8) is 0 Å². The van der Waals surface area contributed by atoms with Crippen LogP contribution in [0.5, 0.6) is 0 Å². The number of aliphatic hydroxyl groups is 1. The van der Waals surface area contributed by atoms with Crippen molar-refractivity contribution in [2.24, 2.45) is 0 Å². The van der Waals surface area contributed by atoms with Gasteiger partial charge in [0.05, 0.1) is 17.2 Å². The number of hydrogen-bond donors (Lipinski definition) is 2. The normalized spacial score (nSPS) is 26.1. The van der Waals surface area contributed by atoms with Gasteiger partial charge in [-0.2, -0.15) is 0 Å². The maximum Gasteiger partial charge on any atom is 0.320 e. The van der Waals surface area contributed by atoms with E-state index in [1.807, 2.05) is 18.2 Å². The average molecular weight is 418 g/mol. The number of carbonyl (C=O) groups is 2. The summed E-state index contributed by atoms with van der Waals surface area (Å²) in [5.74, 6) is 5.77. The van der Waals surface area contributed by atoms with E-state index < -0.39 is 5.60 Å². The predicted octanol–water partition coefficient (Wildman–Crippen LogP) is 1.23. The number of carbonyl (C=O) groups excluding carboxylic acids is 2. The van der Waals surface area contributed by atoms with Gasteiger partial charge in [-0.1, -0.05) is 35.6 Å². The number of fused-ring (bicyclic) bond motifs is 1. The molecule has 2 N–H and O–H groups in total. The summed E-state index contributed by atoms with van der Waals surface area (Å²) in [6.45, 7) is 2.00. The number of ether oxygens (including phenoxy) is 1. The van der Waals surface area contributed by atoms with Crippen molar-refractivity contribution in [1.29, 1.82) is 0 Å². The highest BCUT2D eigenvalue weighted by Gasteiger charge is 2.39. The lowest BCUT2D eigenvalue weighted by Gasteiger charge is -2.44. The lowest BCUT2D eigenvalue weighted by molar-refractivity contribution is -0.139. The molecule has 8 heteroatoms. The van der Waals surface area contributed by atoms with Crippen LogP contribution in [0.2, 0.25) is 5.02 Å². The summed E-state index contributed by atoms with van der Waals surface area (Å²) in [5.41, 5.74) is -0.450. The molecule has 1 aromatic carbocycles. The zero-order valence-electron chi connectivity index (χ0n) is 16.1. The molecule has 3 heterocycles. The van der Waals surface area contributed by atoms with Gasteiger partial charge in [0.2, 0.25) is 5.91 Å². The van der Waals surface area contributed by atoms with E-state index in [9.17, 15) is 14.7 Å². The van der Waals surface area contributed by atoms with Crippen molar-refractivity contribution in [2.75, 3.05) is 32.8 Å². The third kappa shape index (κ3) is 4.50. The van der Waals surface area contributed by atoms with E-state index in [4.69, 9.17) is 16.3 Å². The lowest BCUT2D eigenvalue weighted by Crippen LogP contribution is -2.62. The van der Waals surface area contributed by atoms with E-state index in [2.05, 4.69) is 17.2 Å². The molecule has 2 atom stereocenters. The van der Waals surface area contributed by atoms with Crippen LogP contribution in [0.3, 0.4) is 0 Å². The van der Waals surface area contributed by atoms with Crippen LogP contribution >= 0.6 is 11.6 Å². The Morgan fingerprint density at radius 2 is 2.00 bits per heavy atom. The summed E-state index contributed by atoms with van der Waals surface area (Å²) >= 11 is 6.12. The first kappa shape index (κ1) is 20.0. The summed E-state index contributed by atoms with van der Waals surface area (Å²) < 4.78 is 5.55. The van der Waals surface area contributed by atoms with E-state index in [0.717, 1.165) is 0 Å². The van der Waals surface area contributed by atoms with Crippen molar-refractivity contribution in [2.45, 2.75) is 37.0 Å². The van der Waals surface area contributed by atoms with Gasteiger partial charge in [0.15, 0.2) is 0 Å². The number of nitrogens with zero attached hydrogens (tertiary/aromatic N) is 2. The maximum atomic E-state index is 12.9. The minimum absolute atomic E-state index is 0.0247. The fraction of sp³-hybridized carbons (Fsp3) is 0.524. The predicted molar refractivity (Wildman–Crippen MR) is 107 cm³/mol. The fourth-order valence-corrected chi connectivity index (χ4v) is 4.20. The largest absolute Gasteiger partial charge is 0.377 e. The Morgan fingerprint density at radius 3 is 2.76 bits per heavy atom. The average Bonchev–Trinajstić information content (AvgIpc) is 2.73. The third-order valence-electron chi connectivity index (χ3n) is 5.76. The fourth-order valence-electron chi connectivity index (χ4n) is 4.01. The van der Waals surface area contributed by atoms with Gasteiger partial charge in [0, 0.05) is 44.6 Å². The van der Waals surface area contributed by atoms with Crippen molar-refractivity contribution < 1.29 is 19.4 Å². The molecular formula is C21H24ClN3O4. The molecule has 0 aliphatic carbocycles. The van der Waals surface area contributed by atoms with Crippen LogP contribution in [0.4, 0.5) is 4.79 Å². The molecule has 0 spiro atoms. The summed E-state index contributed by atoms with van der Waals surface area (Å²) in [4.78, 5) is 28.0. The maximum absolute atomic E-state index is 12.9. The van der Waals surface area contributed by atoms with Gasteiger partial charge in [-0.3, -0.25) is 4.79 Å². The molecule has 3 saturated heterocycles. The molecule has 3 aliphatic rings. The smallest absolute Gasteiger partial charge is 0.320 e. The van der Waals surface area contributed by atoms with Gasteiger partial charge >= 0.3 is 6.03 Å². The Morgan fingerprint density at radius 1 is 1.24 bits per heavy atom. The Labute approximate surface area is 174 Å². The SMILES string of the molecule is O=C1CO[C@H]2CCN(C(=O)N3CCC(O)(C#Cc4ccccc4Cl)CC3)C[C@H]2N1. The standard InChI is InChI=1S/C21H24ClN3O4/c22-16-4-2-1-3-15(16)5-7-21(28)8-11-24(12-9-21)20(27)25-10-6-18-17(13-25)23-19(26)14-29-18/h1-4,17-18,28H,6,8-14H2,(H,23,26)/t17-,18+/m1/s1. The molecular weight excluding hydrogens is 394 g/mol. The van der Waals surface area contributed by atoms with Gasteiger partial charge in [0.1, 0.15) is 12.2 Å². The first-order valence-corrected chi connectivity index (χ1v) is 10.3. The zero-order valence-corrected chi connectivity index (χ0v) is 16.8. The first-order chi connectivity index (χ1) is 13.9. The number of amides is 3. The second-order valence-electron chi connectivity index (χ2n) is 7.79. The summed E-state index contributed by atoms with van der Waals surface area (Å²) in [6, 6.07) is 7.04. The van der Waals surface area contributed by atoms with Crippen LogP contribution in [0, 0.1) is 11.8 Å². The summed E-state index contributed by atoms with van der Waals surface area (Å²) in [6.07, 6.45) is 1.45. The van der Waals surface area contributed by atoms with Gasteiger partial charge < -0.3 is 25.0 Å². The number of urea groups is 1. The molecule has 0 unspecified atom stereocenters. The Balaban J connectivity index is 1.34. The second-order valence-corrected chi connectivity index (χ2v) is 8.20. The minimum Gasteiger partial charge on any atom is -0.377 e. The Kier molecular flexibility index (Phi) is 5.68. The monoisotopic (exact) mass is 417 g/mol. The van der Waals surface area contributed by atoms with E-state index in [0.29, 0.717) is 56.0 Å². The molecule has 1 aromatic rings. The summed E-state index contributed by atoms with van der Waals surface area (Å²) in [7, 11) is 0. The molecule has 4 rings (SSSR count). The number of rotatable bonds is 0. The van der Waals surface area contributed by atoms with Gasteiger partial charge in [-0.05, 0) is 18.6 Å². The first-order valence-electron chi connectivity index (χ1n) is 9.88. The molecule has 7 nitrogen and oxygen atoms in total. The third-order valence-corrected chi connectivity index (χ3v) is 6.09. The number of benzene rings is 1. The van der Waals surface area contributed by atoms with E-state index in [1.54, 1.807) is 15.9 Å².